The number of hydrogen-bond acceptors (Lipinski definition) is 8. The molecule has 2 fully saturated rings. The molecule has 3 aromatic rings. The van der Waals surface area contributed by atoms with Crippen LogP contribution in [0.25, 0.3) is 0 Å². The van der Waals surface area contributed by atoms with E-state index in [0.29, 0.717) is 47.8 Å². The highest BCUT2D eigenvalue weighted by atomic mass is 32.2. The highest BCUT2D eigenvalue weighted by Crippen LogP contribution is 2.28. The summed E-state index contributed by atoms with van der Waals surface area (Å²) in [5, 5.41) is 3.56. The van der Waals surface area contributed by atoms with Gasteiger partial charge >= 0.3 is 0 Å². The van der Waals surface area contributed by atoms with Crippen molar-refractivity contribution >= 4 is 29.2 Å². The van der Waals surface area contributed by atoms with Crippen molar-refractivity contribution in [1.29, 1.82) is 0 Å². The van der Waals surface area contributed by atoms with Crippen molar-refractivity contribution in [2.45, 2.75) is 49.6 Å². The molecule has 38 heavy (non-hydrogen) atoms. The number of hydrogen-bond donors (Lipinski definition) is 1. The SMILES string of the molecule is CC(C)c1cc(N2CCN(c3ccccc3F)CC2)nc(SCc2ccc(C(=O)NCC3CCCO3)o2)n1. The predicted molar refractivity (Wildman–Crippen MR) is 147 cm³/mol. The number of nitrogens with one attached hydrogen (secondary N) is 1. The second-order valence-electron chi connectivity index (χ2n) is 9.91. The molecular formula is C28H34FN5O3S. The monoisotopic (exact) mass is 539 g/mol. The van der Waals surface area contributed by atoms with Crippen LogP contribution in [0, 0.1) is 5.82 Å². The maximum absolute atomic E-state index is 14.2. The number of nitrogens with zero attached hydrogens (tertiary/aromatic N) is 4. The first kappa shape index (κ1) is 26.5. The molecule has 1 atom stereocenters. The molecule has 4 heterocycles. The van der Waals surface area contributed by atoms with E-state index < -0.39 is 0 Å². The lowest BCUT2D eigenvalue weighted by Crippen LogP contribution is -2.47. The first-order chi connectivity index (χ1) is 18.5. The Morgan fingerprint density at radius 1 is 1.13 bits per heavy atom. The topological polar surface area (TPSA) is 83.7 Å². The van der Waals surface area contributed by atoms with Crippen LogP contribution in [-0.2, 0) is 10.5 Å². The number of benzene rings is 1. The van der Waals surface area contributed by atoms with E-state index in [9.17, 15) is 9.18 Å². The second-order valence-corrected chi connectivity index (χ2v) is 10.9. The molecule has 2 aliphatic heterocycles. The van der Waals surface area contributed by atoms with Crippen LogP contribution in [0.4, 0.5) is 15.9 Å². The van der Waals surface area contributed by atoms with E-state index in [-0.39, 0.29) is 23.7 Å². The highest BCUT2D eigenvalue weighted by molar-refractivity contribution is 7.98. The van der Waals surface area contributed by atoms with E-state index in [4.69, 9.17) is 19.1 Å². The summed E-state index contributed by atoms with van der Waals surface area (Å²) in [5.41, 5.74) is 1.62. The quantitative estimate of drug-likeness (QED) is 0.305. The zero-order valence-corrected chi connectivity index (χ0v) is 22.7. The van der Waals surface area contributed by atoms with Crippen LogP contribution < -0.4 is 15.1 Å². The largest absolute Gasteiger partial charge is 0.455 e. The minimum Gasteiger partial charge on any atom is -0.455 e. The van der Waals surface area contributed by atoms with Crippen LogP contribution in [0.1, 0.15) is 54.6 Å². The van der Waals surface area contributed by atoms with Gasteiger partial charge in [-0.25, -0.2) is 14.4 Å². The van der Waals surface area contributed by atoms with Gasteiger partial charge in [-0.1, -0.05) is 37.7 Å². The number of ether oxygens (including phenoxy) is 1. The van der Waals surface area contributed by atoms with E-state index in [2.05, 4.69) is 35.0 Å². The Bertz CT molecular complexity index is 1240. The van der Waals surface area contributed by atoms with Crippen molar-refractivity contribution < 1.29 is 18.3 Å². The Morgan fingerprint density at radius 2 is 1.92 bits per heavy atom. The molecule has 2 aliphatic rings. The maximum atomic E-state index is 14.2. The lowest BCUT2D eigenvalue weighted by molar-refractivity contribution is 0.0834. The summed E-state index contributed by atoms with van der Waals surface area (Å²) in [6, 6.07) is 12.5. The van der Waals surface area contributed by atoms with E-state index in [1.807, 2.05) is 18.2 Å². The minimum absolute atomic E-state index is 0.0889. The summed E-state index contributed by atoms with van der Waals surface area (Å²) >= 11 is 1.49. The van der Waals surface area contributed by atoms with Crippen molar-refractivity contribution in [3.63, 3.8) is 0 Å². The molecule has 1 amide bonds. The van der Waals surface area contributed by atoms with Crippen molar-refractivity contribution in [3.05, 3.63) is 65.5 Å². The molecule has 202 valence electrons. The lowest BCUT2D eigenvalue weighted by atomic mass is 10.1. The van der Waals surface area contributed by atoms with Crippen LogP contribution in [0.2, 0.25) is 0 Å². The average Bonchev–Trinajstić information content (AvgIpc) is 3.63. The molecule has 1 N–H and O–H groups in total. The average molecular weight is 540 g/mol. The number of carbonyl (C=O) groups is 1. The molecule has 0 saturated carbocycles. The Hall–Kier alpha value is -3.11. The third-order valence-corrected chi connectivity index (χ3v) is 7.71. The summed E-state index contributed by atoms with van der Waals surface area (Å²) in [7, 11) is 0. The predicted octanol–water partition coefficient (Wildman–Crippen LogP) is 4.86. The first-order valence-corrected chi connectivity index (χ1v) is 14.2. The Morgan fingerprint density at radius 3 is 2.66 bits per heavy atom. The van der Waals surface area contributed by atoms with Gasteiger partial charge in [0.1, 0.15) is 17.4 Å². The zero-order chi connectivity index (χ0) is 26.5. The van der Waals surface area contributed by atoms with E-state index in [1.165, 1.54) is 17.8 Å². The maximum Gasteiger partial charge on any atom is 0.287 e. The number of anilines is 2. The molecular weight excluding hydrogens is 505 g/mol. The number of amides is 1. The number of piperazine rings is 1. The van der Waals surface area contributed by atoms with E-state index >= 15 is 0 Å². The molecule has 0 spiro atoms. The Kier molecular flexibility index (Phi) is 8.48. The number of halogens is 1. The summed E-state index contributed by atoms with van der Waals surface area (Å²) in [6.07, 6.45) is 2.10. The van der Waals surface area contributed by atoms with Crippen LogP contribution in [-0.4, -0.2) is 61.3 Å². The molecule has 0 radical (unpaired) electrons. The fourth-order valence-corrected chi connectivity index (χ4v) is 5.40. The normalized spacial score (nSPS) is 17.8. The first-order valence-electron chi connectivity index (χ1n) is 13.2. The molecule has 10 heteroatoms. The van der Waals surface area contributed by atoms with Gasteiger partial charge in [0.2, 0.25) is 0 Å². The van der Waals surface area contributed by atoms with E-state index in [0.717, 1.165) is 44.0 Å². The van der Waals surface area contributed by atoms with E-state index in [1.54, 1.807) is 12.1 Å². The minimum atomic E-state index is -0.230. The van der Waals surface area contributed by atoms with Gasteiger partial charge in [0.15, 0.2) is 10.9 Å². The molecule has 1 aromatic carbocycles. The van der Waals surface area contributed by atoms with Gasteiger partial charge < -0.3 is 24.3 Å². The van der Waals surface area contributed by atoms with Gasteiger partial charge in [0.25, 0.3) is 5.91 Å². The van der Waals surface area contributed by atoms with Gasteiger partial charge in [-0.3, -0.25) is 4.79 Å². The molecule has 2 saturated heterocycles. The molecule has 0 aliphatic carbocycles. The van der Waals surface area contributed by atoms with Crippen LogP contribution >= 0.6 is 11.8 Å². The fraction of sp³-hybridized carbons (Fsp3) is 0.464. The van der Waals surface area contributed by atoms with Gasteiger partial charge in [-0.15, -0.1) is 0 Å². The summed E-state index contributed by atoms with van der Waals surface area (Å²) in [6.45, 7) is 8.41. The van der Waals surface area contributed by atoms with Crippen molar-refractivity contribution in [2.24, 2.45) is 0 Å². The number of thioether (sulfide) groups is 1. The number of furan rings is 1. The van der Waals surface area contributed by atoms with Crippen LogP contribution in [0.5, 0.6) is 0 Å². The lowest BCUT2D eigenvalue weighted by Gasteiger charge is -2.37. The number of carbonyl (C=O) groups excluding carboxylic acids is 1. The van der Waals surface area contributed by atoms with Gasteiger partial charge in [-0.05, 0) is 43.0 Å². The van der Waals surface area contributed by atoms with Crippen molar-refractivity contribution in [2.75, 3.05) is 49.1 Å². The second kappa shape index (κ2) is 12.2. The smallest absolute Gasteiger partial charge is 0.287 e. The van der Waals surface area contributed by atoms with Gasteiger partial charge in [-0.2, -0.15) is 0 Å². The Balaban J connectivity index is 1.20. The third kappa shape index (κ3) is 6.47. The molecule has 8 nitrogen and oxygen atoms in total. The standard InChI is InChI=1S/C28H34FN5O3S/c1-19(2)23-16-26(34-13-11-33(12-14-34)24-8-4-3-7-22(24)29)32-28(31-23)38-18-21-9-10-25(37-21)27(35)30-17-20-6-5-15-36-20/h3-4,7-10,16,19-20H,5-6,11-15,17-18H2,1-2H3,(H,30,35). The summed E-state index contributed by atoms with van der Waals surface area (Å²) in [5.74, 6) is 2.21. The number of rotatable bonds is 9. The van der Waals surface area contributed by atoms with Crippen molar-refractivity contribution in [1.82, 2.24) is 15.3 Å². The van der Waals surface area contributed by atoms with Gasteiger partial charge in [0, 0.05) is 51.1 Å². The van der Waals surface area contributed by atoms with Gasteiger partial charge in [0.05, 0.1) is 17.5 Å². The Labute approximate surface area is 227 Å². The number of para-hydroxylation sites is 1. The molecule has 1 unspecified atom stereocenters. The molecule has 2 aromatic heterocycles. The molecule has 0 bridgehead atoms. The fourth-order valence-electron chi connectivity index (χ4n) is 4.65. The zero-order valence-electron chi connectivity index (χ0n) is 21.9. The third-order valence-electron chi connectivity index (χ3n) is 6.84. The summed E-state index contributed by atoms with van der Waals surface area (Å²) < 4.78 is 25.6. The highest BCUT2D eigenvalue weighted by Gasteiger charge is 2.22. The molecule has 5 rings (SSSR count). The van der Waals surface area contributed by atoms with Crippen molar-refractivity contribution in [3.8, 4) is 0 Å². The van der Waals surface area contributed by atoms with Crippen LogP contribution in [0.3, 0.4) is 0 Å². The van der Waals surface area contributed by atoms with Crippen LogP contribution in [0.15, 0.2) is 52.0 Å². The number of aromatic nitrogens is 2. The summed E-state index contributed by atoms with van der Waals surface area (Å²) in [4.78, 5) is 26.4.